The average Bonchev–Trinajstić information content (AvgIpc) is 2.43. The maximum absolute atomic E-state index is 13.6. The Labute approximate surface area is 135 Å². The summed E-state index contributed by atoms with van der Waals surface area (Å²) >= 11 is 11.9. The van der Waals surface area contributed by atoms with E-state index in [1.54, 1.807) is 0 Å². The van der Waals surface area contributed by atoms with Gasteiger partial charge >= 0.3 is 0 Å². The molecule has 0 amide bonds. The standard InChI is InChI=1S/C17H18Cl2FN/c1-10-4-6-13(7-5-10)11(2)21-12(3)14-8-17(20)16(19)9-15(14)18/h4-9,11-12,21H,1-3H3/t11-,12?/m0/s1. The van der Waals surface area contributed by atoms with Gasteiger partial charge in [-0.05, 0) is 44.0 Å². The third-order valence-corrected chi connectivity index (χ3v) is 4.20. The number of hydrogen-bond donors (Lipinski definition) is 1. The van der Waals surface area contributed by atoms with Crippen LogP contribution in [0.25, 0.3) is 0 Å². The highest BCUT2D eigenvalue weighted by molar-refractivity contribution is 6.35. The van der Waals surface area contributed by atoms with Gasteiger partial charge in [-0.2, -0.15) is 0 Å². The van der Waals surface area contributed by atoms with Gasteiger partial charge in [-0.1, -0.05) is 53.0 Å². The second-order valence-corrected chi connectivity index (χ2v) is 6.12. The smallest absolute Gasteiger partial charge is 0.142 e. The fourth-order valence-corrected chi connectivity index (χ4v) is 2.83. The first-order chi connectivity index (χ1) is 9.88. The lowest BCUT2D eigenvalue weighted by atomic mass is 10.0. The average molecular weight is 326 g/mol. The third-order valence-electron chi connectivity index (χ3n) is 3.58. The van der Waals surface area contributed by atoms with Gasteiger partial charge in [-0.15, -0.1) is 0 Å². The lowest BCUT2D eigenvalue weighted by Gasteiger charge is -2.22. The van der Waals surface area contributed by atoms with Crippen molar-refractivity contribution < 1.29 is 4.39 Å². The van der Waals surface area contributed by atoms with Crippen LogP contribution < -0.4 is 5.32 Å². The van der Waals surface area contributed by atoms with Crippen molar-refractivity contribution in [2.75, 3.05) is 0 Å². The van der Waals surface area contributed by atoms with Gasteiger partial charge < -0.3 is 5.32 Å². The van der Waals surface area contributed by atoms with Crippen molar-refractivity contribution in [2.24, 2.45) is 0 Å². The van der Waals surface area contributed by atoms with Gasteiger partial charge in [0.1, 0.15) is 5.82 Å². The monoisotopic (exact) mass is 325 g/mol. The summed E-state index contributed by atoms with van der Waals surface area (Å²) in [5.41, 5.74) is 3.11. The molecule has 0 fully saturated rings. The number of benzene rings is 2. The molecule has 0 saturated carbocycles. The second-order valence-electron chi connectivity index (χ2n) is 5.31. The van der Waals surface area contributed by atoms with Gasteiger partial charge in [0.2, 0.25) is 0 Å². The summed E-state index contributed by atoms with van der Waals surface area (Å²) in [7, 11) is 0. The SMILES string of the molecule is Cc1ccc([C@H](C)NC(C)c2cc(F)c(Cl)cc2Cl)cc1. The number of halogens is 3. The largest absolute Gasteiger partial charge is 0.304 e. The first-order valence-corrected chi connectivity index (χ1v) is 7.61. The number of rotatable bonds is 4. The first kappa shape index (κ1) is 16.3. The van der Waals surface area contributed by atoms with Crippen LogP contribution in [-0.2, 0) is 0 Å². The molecule has 2 atom stereocenters. The zero-order valence-electron chi connectivity index (χ0n) is 12.3. The summed E-state index contributed by atoms with van der Waals surface area (Å²) in [4.78, 5) is 0. The number of hydrogen-bond acceptors (Lipinski definition) is 1. The molecule has 0 bridgehead atoms. The van der Waals surface area contributed by atoms with E-state index < -0.39 is 5.82 Å². The van der Waals surface area contributed by atoms with E-state index in [0.717, 1.165) is 0 Å². The van der Waals surface area contributed by atoms with Crippen LogP contribution >= 0.6 is 23.2 Å². The van der Waals surface area contributed by atoms with Crippen molar-refractivity contribution in [1.29, 1.82) is 0 Å². The predicted molar refractivity (Wildman–Crippen MR) is 87.6 cm³/mol. The zero-order chi connectivity index (χ0) is 15.6. The van der Waals surface area contributed by atoms with Gasteiger partial charge in [0.15, 0.2) is 0 Å². The van der Waals surface area contributed by atoms with Crippen LogP contribution in [0, 0.1) is 12.7 Å². The molecule has 2 rings (SSSR count). The zero-order valence-corrected chi connectivity index (χ0v) is 13.8. The Balaban J connectivity index is 2.15. The second kappa shape index (κ2) is 6.78. The summed E-state index contributed by atoms with van der Waals surface area (Å²) in [5.74, 6) is -0.451. The van der Waals surface area contributed by atoms with Crippen LogP contribution in [0.4, 0.5) is 4.39 Å². The normalized spacial score (nSPS) is 14.0. The summed E-state index contributed by atoms with van der Waals surface area (Å²) in [6.07, 6.45) is 0. The molecule has 2 aromatic carbocycles. The van der Waals surface area contributed by atoms with Crippen LogP contribution in [0.3, 0.4) is 0 Å². The molecule has 21 heavy (non-hydrogen) atoms. The van der Waals surface area contributed by atoms with Crippen LogP contribution in [0.2, 0.25) is 10.0 Å². The van der Waals surface area contributed by atoms with E-state index >= 15 is 0 Å². The minimum absolute atomic E-state index is 0.0440. The molecule has 1 N–H and O–H groups in total. The lowest BCUT2D eigenvalue weighted by Crippen LogP contribution is -2.22. The molecule has 0 heterocycles. The van der Waals surface area contributed by atoms with E-state index in [4.69, 9.17) is 23.2 Å². The maximum atomic E-state index is 13.6. The minimum atomic E-state index is -0.451. The Hall–Kier alpha value is -1.09. The van der Waals surface area contributed by atoms with E-state index in [0.29, 0.717) is 10.6 Å². The summed E-state index contributed by atoms with van der Waals surface area (Å²) in [6, 6.07) is 11.2. The first-order valence-electron chi connectivity index (χ1n) is 6.85. The molecule has 0 aromatic heterocycles. The fraction of sp³-hybridized carbons (Fsp3) is 0.294. The Morgan fingerprint density at radius 2 is 1.57 bits per heavy atom. The van der Waals surface area contributed by atoms with E-state index in [1.807, 2.05) is 6.92 Å². The number of aryl methyl sites for hydroxylation is 1. The van der Waals surface area contributed by atoms with Gasteiger partial charge in [0.25, 0.3) is 0 Å². The lowest BCUT2D eigenvalue weighted by molar-refractivity contribution is 0.492. The van der Waals surface area contributed by atoms with Gasteiger partial charge in [0, 0.05) is 17.1 Å². The Kier molecular flexibility index (Phi) is 5.26. The van der Waals surface area contributed by atoms with Crippen LogP contribution in [0.15, 0.2) is 36.4 Å². The molecule has 0 spiro atoms. The fourth-order valence-electron chi connectivity index (χ4n) is 2.29. The maximum Gasteiger partial charge on any atom is 0.142 e. The predicted octanol–water partition coefficient (Wildman–Crippen LogP) is 5.85. The molecule has 0 radical (unpaired) electrons. The Morgan fingerprint density at radius 3 is 2.19 bits per heavy atom. The highest BCUT2D eigenvalue weighted by atomic mass is 35.5. The summed E-state index contributed by atoms with van der Waals surface area (Å²) in [6.45, 7) is 6.08. The van der Waals surface area contributed by atoms with E-state index in [2.05, 4.69) is 43.4 Å². The van der Waals surface area contributed by atoms with Gasteiger partial charge in [0.05, 0.1) is 5.02 Å². The van der Waals surface area contributed by atoms with Gasteiger partial charge in [-0.3, -0.25) is 0 Å². The van der Waals surface area contributed by atoms with Crippen molar-refractivity contribution in [1.82, 2.24) is 5.32 Å². The van der Waals surface area contributed by atoms with Crippen molar-refractivity contribution in [3.63, 3.8) is 0 Å². The van der Waals surface area contributed by atoms with E-state index in [1.165, 1.54) is 23.3 Å². The molecule has 1 nitrogen and oxygen atoms in total. The van der Waals surface area contributed by atoms with Crippen LogP contribution in [0.5, 0.6) is 0 Å². The van der Waals surface area contributed by atoms with E-state index in [-0.39, 0.29) is 17.1 Å². The molecule has 0 aliphatic carbocycles. The van der Waals surface area contributed by atoms with E-state index in [9.17, 15) is 4.39 Å². The molecule has 0 saturated heterocycles. The molecule has 0 aliphatic rings. The topological polar surface area (TPSA) is 12.0 Å². The molecule has 4 heteroatoms. The molecular formula is C17H18Cl2FN. The summed E-state index contributed by atoms with van der Waals surface area (Å²) < 4.78 is 13.6. The quantitative estimate of drug-likeness (QED) is 0.695. The molecule has 2 aromatic rings. The molecule has 0 aliphatic heterocycles. The highest BCUT2D eigenvalue weighted by Gasteiger charge is 2.16. The van der Waals surface area contributed by atoms with Crippen molar-refractivity contribution in [3.05, 3.63) is 69.0 Å². The van der Waals surface area contributed by atoms with Crippen LogP contribution in [-0.4, -0.2) is 0 Å². The number of nitrogens with one attached hydrogen (secondary N) is 1. The van der Waals surface area contributed by atoms with Gasteiger partial charge in [-0.25, -0.2) is 4.39 Å². The molecule has 1 unspecified atom stereocenters. The summed E-state index contributed by atoms with van der Waals surface area (Å²) in [5, 5.41) is 3.94. The molecule has 112 valence electrons. The highest BCUT2D eigenvalue weighted by Crippen LogP contribution is 2.30. The Bertz CT molecular complexity index is 625. The van der Waals surface area contributed by atoms with Crippen molar-refractivity contribution in [3.8, 4) is 0 Å². The molecular weight excluding hydrogens is 308 g/mol. The minimum Gasteiger partial charge on any atom is -0.304 e. The Morgan fingerprint density at radius 1 is 0.952 bits per heavy atom. The third kappa shape index (κ3) is 3.97. The van der Waals surface area contributed by atoms with Crippen LogP contribution in [0.1, 0.15) is 42.6 Å². The van der Waals surface area contributed by atoms with Crippen molar-refractivity contribution in [2.45, 2.75) is 32.9 Å². The van der Waals surface area contributed by atoms with Crippen molar-refractivity contribution >= 4 is 23.2 Å².